The summed E-state index contributed by atoms with van der Waals surface area (Å²) >= 11 is 1.71. The first-order valence-electron chi connectivity index (χ1n) is 7.10. The molecule has 5 heteroatoms. The molecule has 1 amide bonds. The fourth-order valence-corrected chi connectivity index (χ4v) is 3.81. The number of carbonyl (C=O) groups excluding carboxylic acids is 1. The highest BCUT2D eigenvalue weighted by Gasteiger charge is 2.33. The minimum atomic E-state index is -0.330. The van der Waals surface area contributed by atoms with Gasteiger partial charge in [-0.1, -0.05) is 12.1 Å². The van der Waals surface area contributed by atoms with Crippen molar-refractivity contribution in [3.05, 3.63) is 24.3 Å². The van der Waals surface area contributed by atoms with Crippen molar-refractivity contribution >= 4 is 17.7 Å². The van der Waals surface area contributed by atoms with Crippen molar-refractivity contribution in [3.63, 3.8) is 0 Å². The lowest BCUT2D eigenvalue weighted by molar-refractivity contribution is -0.136. The van der Waals surface area contributed by atoms with Crippen LogP contribution in [0.25, 0.3) is 0 Å². The molecule has 108 valence electrons. The maximum Gasteiger partial charge on any atom is 0.264 e. The SMILES string of the molecule is CNC[C@H]1CCN(C(=O)[C@@H]2CSc3ccccc3O2)C1. The van der Waals surface area contributed by atoms with Crippen LogP contribution in [0.1, 0.15) is 6.42 Å². The van der Waals surface area contributed by atoms with E-state index in [1.54, 1.807) is 11.8 Å². The quantitative estimate of drug-likeness (QED) is 0.919. The Hall–Kier alpha value is -1.20. The number of benzene rings is 1. The highest BCUT2D eigenvalue weighted by atomic mass is 32.2. The van der Waals surface area contributed by atoms with Gasteiger partial charge in [-0.15, -0.1) is 11.8 Å². The first kappa shape index (κ1) is 13.8. The third-order valence-electron chi connectivity index (χ3n) is 3.87. The molecule has 1 N–H and O–H groups in total. The fourth-order valence-electron chi connectivity index (χ4n) is 2.83. The maximum atomic E-state index is 12.5. The molecule has 0 bridgehead atoms. The predicted octanol–water partition coefficient (Wildman–Crippen LogP) is 1.61. The van der Waals surface area contributed by atoms with Crippen molar-refractivity contribution in [1.29, 1.82) is 0 Å². The molecule has 0 radical (unpaired) electrons. The second kappa shape index (κ2) is 6.06. The number of ether oxygens (including phenoxy) is 1. The first-order valence-corrected chi connectivity index (χ1v) is 8.08. The molecule has 1 aromatic carbocycles. The van der Waals surface area contributed by atoms with Crippen molar-refractivity contribution in [1.82, 2.24) is 10.2 Å². The average molecular weight is 292 g/mol. The molecule has 4 nitrogen and oxygen atoms in total. The monoisotopic (exact) mass is 292 g/mol. The number of thioether (sulfide) groups is 1. The van der Waals surface area contributed by atoms with Crippen LogP contribution in [0.4, 0.5) is 0 Å². The molecule has 1 saturated heterocycles. The van der Waals surface area contributed by atoms with Gasteiger partial charge in [0, 0.05) is 23.7 Å². The summed E-state index contributed by atoms with van der Waals surface area (Å²) in [5.74, 6) is 2.27. The summed E-state index contributed by atoms with van der Waals surface area (Å²) in [5, 5.41) is 3.19. The smallest absolute Gasteiger partial charge is 0.264 e. The Morgan fingerprint density at radius 1 is 1.50 bits per heavy atom. The summed E-state index contributed by atoms with van der Waals surface area (Å²) in [6.45, 7) is 2.69. The molecule has 0 spiro atoms. The van der Waals surface area contributed by atoms with Gasteiger partial charge in [-0.05, 0) is 38.1 Å². The summed E-state index contributed by atoms with van der Waals surface area (Å²) in [6, 6.07) is 7.93. The normalized spacial score (nSPS) is 25.1. The molecule has 0 unspecified atom stereocenters. The summed E-state index contributed by atoms with van der Waals surface area (Å²) < 4.78 is 5.87. The van der Waals surface area contributed by atoms with Gasteiger partial charge in [-0.25, -0.2) is 0 Å². The minimum absolute atomic E-state index is 0.144. The van der Waals surface area contributed by atoms with Crippen molar-refractivity contribution in [2.45, 2.75) is 17.4 Å². The lowest BCUT2D eigenvalue weighted by Crippen LogP contribution is -2.43. The van der Waals surface area contributed by atoms with Gasteiger partial charge in [0.15, 0.2) is 6.10 Å². The number of rotatable bonds is 3. The molecule has 1 aromatic rings. The molecule has 1 fully saturated rings. The van der Waals surface area contributed by atoms with E-state index in [1.165, 1.54) is 0 Å². The minimum Gasteiger partial charge on any atom is -0.479 e. The number of likely N-dealkylation sites (tertiary alicyclic amines) is 1. The molecule has 2 aliphatic heterocycles. The number of hydrogen-bond acceptors (Lipinski definition) is 4. The molecule has 3 rings (SSSR count). The summed E-state index contributed by atoms with van der Waals surface area (Å²) in [6.07, 6.45) is 0.756. The van der Waals surface area contributed by atoms with Gasteiger partial charge in [-0.2, -0.15) is 0 Å². The number of nitrogens with one attached hydrogen (secondary N) is 1. The Bertz CT molecular complexity index is 495. The van der Waals surface area contributed by atoms with E-state index in [0.717, 1.165) is 36.7 Å². The van der Waals surface area contributed by atoms with Crippen molar-refractivity contribution in [3.8, 4) is 5.75 Å². The Labute approximate surface area is 123 Å². The molecular formula is C15H20N2O2S. The van der Waals surface area contributed by atoms with E-state index in [1.807, 2.05) is 36.2 Å². The Balaban J connectivity index is 1.62. The fraction of sp³-hybridized carbons (Fsp3) is 0.533. The van der Waals surface area contributed by atoms with Crippen LogP contribution in [0.3, 0.4) is 0 Å². The van der Waals surface area contributed by atoms with E-state index in [0.29, 0.717) is 11.7 Å². The van der Waals surface area contributed by atoms with Crippen LogP contribution in [-0.2, 0) is 4.79 Å². The van der Waals surface area contributed by atoms with Crippen molar-refractivity contribution in [2.24, 2.45) is 5.92 Å². The predicted molar refractivity (Wildman–Crippen MR) is 80.2 cm³/mol. The largest absolute Gasteiger partial charge is 0.479 e. The number of nitrogens with zero attached hydrogens (tertiary/aromatic N) is 1. The number of para-hydroxylation sites is 1. The Kier molecular flexibility index (Phi) is 4.17. The summed E-state index contributed by atoms with van der Waals surface area (Å²) in [5.41, 5.74) is 0. The lowest BCUT2D eigenvalue weighted by Gasteiger charge is -2.28. The molecule has 0 aromatic heterocycles. The first-order chi connectivity index (χ1) is 9.78. The molecule has 0 saturated carbocycles. The second-order valence-corrected chi connectivity index (χ2v) is 6.42. The molecule has 2 heterocycles. The van der Waals surface area contributed by atoms with Crippen molar-refractivity contribution in [2.75, 3.05) is 32.4 Å². The highest BCUT2D eigenvalue weighted by Crippen LogP contribution is 2.35. The van der Waals surface area contributed by atoms with E-state index in [-0.39, 0.29) is 12.0 Å². The van der Waals surface area contributed by atoms with Gasteiger partial charge in [-0.3, -0.25) is 4.79 Å². The van der Waals surface area contributed by atoms with E-state index in [4.69, 9.17) is 4.74 Å². The van der Waals surface area contributed by atoms with Gasteiger partial charge in [0.1, 0.15) is 5.75 Å². The van der Waals surface area contributed by atoms with Crippen LogP contribution >= 0.6 is 11.8 Å². The maximum absolute atomic E-state index is 12.5. The average Bonchev–Trinajstić information content (AvgIpc) is 2.95. The standard InChI is InChI=1S/C15H20N2O2S/c1-16-8-11-6-7-17(9-11)15(18)13-10-20-14-5-3-2-4-12(14)19-13/h2-5,11,13,16H,6-10H2,1H3/t11-,13+/m1/s1. The van der Waals surface area contributed by atoms with Crippen LogP contribution in [0.15, 0.2) is 29.2 Å². The van der Waals surface area contributed by atoms with E-state index in [2.05, 4.69) is 5.32 Å². The van der Waals surface area contributed by atoms with E-state index < -0.39 is 0 Å². The highest BCUT2D eigenvalue weighted by molar-refractivity contribution is 7.99. The van der Waals surface area contributed by atoms with Crippen LogP contribution in [-0.4, -0.2) is 49.3 Å². The molecule has 0 aliphatic carbocycles. The van der Waals surface area contributed by atoms with Crippen LogP contribution in [0.2, 0.25) is 0 Å². The van der Waals surface area contributed by atoms with Crippen LogP contribution < -0.4 is 10.1 Å². The third-order valence-corrected chi connectivity index (χ3v) is 4.99. The van der Waals surface area contributed by atoms with Gasteiger partial charge < -0.3 is 15.0 Å². The molecular weight excluding hydrogens is 272 g/mol. The van der Waals surface area contributed by atoms with Gasteiger partial charge in [0.2, 0.25) is 0 Å². The number of carbonyl (C=O) groups is 1. The topological polar surface area (TPSA) is 41.6 Å². The zero-order valence-corrected chi connectivity index (χ0v) is 12.5. The zero-order valence-electron chi connectivity index (χ0n) is 11.7. The van der Waals surface area contributed by atoms with Crippen LogP contribution in [0, 0.1) is 5.92 Å². The van der Waals surface area contributed by atoms with Gasteiger partial charge in [0.25, 0.3) is 5.91 Å². The van der Waals surface area contributed by atoms with Gasteiger partial charge in [0.05, 0.1) is 0 Å². The van der Waals surface area contributed by atoms with Crippen molar-refractivity contribution < 1.29 is 9.53 Å². The second-order valence-electron chi connectivity index (χ2n) is 5.36. The third kappa shape index (κ3) is 2.79. The zero-order chi connectivity index (χ0) is 13.9. The lowest BCUT2D eigenvalue weighted by atomic mass is 10.1. The Morgan fingerprint density at radius 3 is 3.20 bits per heavy atom. The Morgan fingerprint density at radius 2 is 2.35 bits per heavy atom. The number of hydrogen-bond donors (Lipinski definition) is 1. The van der Waals surface area contributed by atoms with Crippen LogP contribution in [0.5, 0.6) is 5.75 Å². The number of amides is 1. The van der Waals surface area contributed by atoms with E-state index in [9.17, 15) is 4.79 Å². The molecule has 20 heavy (non-hydrogen) atoms. The summed E-state index contributed by atoms with van der Waals surface area (Å²) in [4.78, 5) is 15.6. The summed E-state index contributed by atoms with van der Waals surface area (Å²) in [7, 11) is 1.96. The molecule has 2 aliphatic rings. The number of fused-ring (bicyclic) bond motifs is 1. The molecule has 2 atom stereocenters. The van der Waals surface area contributed by atoms with E-state index >= 15 is 0 Å². The van der Waals surface area contributed by atoms with Gasteiger partial charge >= 0.3 is 0 Å².